The fourth-order valence-corrected chi connectivity index (χ4v) is 1.69. The van der Waals surface area contributed by atoms with Gasteiger partial charge in [-0.2, -0.15) is 0 Å². The maximum Gasteiger partial charge on any atom is 0.335 e. The second kappa shape index (κ2) is 4.09. The molecule has 16 heavy (non-hydrogen) atoms. The van der Waals surface area contributed by atoms with E-state index in [1.165, 1.54) is 12.1 Å². The van der Waals surface area contributed by atoms with Crippen LogP contribution in [0.3, 0.4) is 0 Å². The van der Waals surface area contributed by atoms with E-state index in [2.05, 4.69) is 5.32 Å². The fraction of sp³-hybridized carbons (Fsp3) is 0.364. The minimum atomic E-state index is -1.15. The highest BCUT2D eigenvalue weighted by atomic mass is 19.1. The number of rotatable bonds is 3. The molecule has 0 atom stereocenters. The first-order valence-electron chi connectivity index (χ1n) is 5.03. The molecule has 0 aliphatic heterocycles. The summed E-state index contributed by atoms with van der Waals surface area (Å²) in [6.07, 6.45) is 0.888. The smallest absolute Gasteiger partial charge is 0.335 e. The Morgan fingerprint density at radius 1 is 1.44 bits per heavy atom. The van der Waals surface area contributed by atoms with E-state index in [9.17, 15) is 9.18 Å². The number of nitrogens with one attached hydrogen (secondary N) is 1. The van der Waals surface area contributed by atoms with Crippen molar-refractivity contribution in [2.45, 2.75) is 25.0 Å². The SMILES string of the molecule is O=C(O)c1ccc(NC2CC(O)C2)c(F)c1. The van der Waals surface area contributed by atoms with E-state index in [0.29, 0.717) is 12.8 Å². The number of benzene rings is 1. The minimum Gasteiger partial charge on any atom is -0.478 e. The summed E-state index contributed by atoms with van der Waals surface area (Å²) in [5.41, 5.74) is 0.207. The van der Waals surface area contributed by atoms with E-state index < -0.39 is 11.8 Å². The molecule has 0 saturated heterocycles. The van der Waals surface area contributed by atoms with Gasteiger partial charge in [0.25, 0.3) is 0 Å². The van der Waals surface area contributed by atoms with Gasteiger partial charge in [-0.3, -0.25) is 0 Å². The van der Waals surface area contributed by atoms with Crippen molar-refractivity contribution in [3.8, 4) is 0 Å². The number of anilines is 1. The van der Waals surface area contributed by atoms with Crippen LogP contribution in [0.25, 0.3) is 0 Å². The van der Waals surface area contributed by atoms with Crippen LogP contribution in [0.5, 0.6) is 0 Å². The quantitative estimate of drug-likeness (QED) is 0.728. The van der Waals surface area contributed by atoms with Crippen molar-refractivity contribution in [2.75, 3.05) is 5.32 Å². The molecule has 3 N–H and O–H groups in total. The molecule has 0 spiro atoms. The molecule has 2 rings (SSSR count). The number of aliphatic hydroxyl groups is 1. The standard InChI is InChI=1S/C11H12FNO3/c12-9-3-6(11(15)16)1-2-10(9)13-7-4-8(14)5-7/h1-3,7-8,13-14H,4-5H2,(H,15,16). The van der Waals surface area contributed by atoms with Crippen LogP contribution in [0.2, 0.25) is 0 Å². The minimum absolute atomic E-state index is 0.0696. The lowest BCUT2D eigenvalue weighted by molar-refractivity contribution is 0.0696. The molecule has 1 aliphatic rings. The van der Waals surface area contributed by atoms with Crippen LogP contribution in [-0.4, -0.2) is 28.3 Å². The van der Waals surface area contributed by atoms with E-state index in [0.717, 1.165) is 6.07 Å². The lowest BCUT2D eigenvalue weighted by atomic mass is 9.89. The zero-order chi connectivity index (χ0) is 11.7. The van der Waals surface area contributed by atoms with Gasteiger partial charge in [0.15, 0.2) is 0 Å². The van der Waals surface area contributed by atoms with Crippen molar-refractivity contribution < 1.29 is 19.4 Å². The summed E-state index contributed by atoms with van der Waals surface area (Å²) >= 11 is 0. The van der Waals surface area contributed by atoms with Gasteiger partial charge in [-0.1, -0.05) is 0 Å². The van der Waals surface area contributed by atoms with Gasteiger partial charge < -0.3 is 15.5 Å². The average molecular weight is 225 g/mol. The topological polar surface area (TPSA) is 69.6 Å². The Bertz CT molecular complexity index is 416. The monoisotopic (exact) mass is 225 g/mol. The summed E-state index contributed by atoms with van der Waals surface area (Å²) in [4.78, 5) is 10.6. The first-order chi connectivity index (χ1) is 7.56. The van der Waals surface area contributed by atoms with Crippen molar-refractivity contribution in [1.29, 1.82) is 0 Å². The van der Waals surface area contributed by atoms with Gasteiger partial charge in [-0.05, 0) is 31.0 Å². The Balaban J connectivity index is 2.07. The highest BCUT2D eigenvalue weighted by Crippen LogP contribution is 2.25. The van der Waals surface area contributed by atoms with Gasteiger partial charge in [0.2, 0.25) is 0 Å². The molecule has 1 aromatic rings. The van der Waals surface area contributed by atoms with Crippen LogP contribution >= 0.6 is 0 Å². The molecule has 0 bridgehead atoms. The lowest BCUT2D eigenvalue weighted by Crippen LogP contribution is -2.39. The van der Waals surface area contributed by atoms with E-state index >= 15 is 0 Å². The Hall–Kier alpha value is -1.62. The molecule has 5 heteroatoms. The fourth-order valence-electron chi connectivity index (χ4n) is 1.69. The van der Waals surface area contributed by atoms with Crippen LogP contribution in [0.4, 0.5) is 10.1 Å². The molecule has 0 amide bonds. The molecule has 0 heterocycles. The molecule has 1 aliphatic carbocycles. The predicted octanol–water partition coefficient (Wildman–Crippen LogP) is 1.46. The number of halogens is 1. The number of hydrogen-bond donors (Lipinski definition) is 3. The third kappa shape index (κ3) is 2.14. The Morgan fingerprint density at radius 2 is 2.12 bits per heavy atom. The highest BCUT2D eigenvalue weighted by molar-refractivity contribution is 5.88. The summed E-state index contributed by atoms with van der Waals surface area (Å²) in [5.74, 6) is -1.73. The number of carboxylic acids is 1. The third-order valence-corrected chi connectivity index (χ3v) is 2.69. The largest absolute Gasteiger partial charge is 0.478 e. The summed E-state index contributed by atoms with van der Waals surface area (Å²) in [6, 6.07) is 3.81. The predicted molar refractivity (Wildman–Crippen MR) is 56.0 cm³/mol. The van der Waals surface area contributed by atoms with Gasteiger partial charge >= 0.3 is 5.97 Å². The number of aliphatic hydroxyl groups excluding tert-OH is 1. The molecular weight excluding hydrogens is 213 g/mol. The zero-order valence-electron chi connectivity index (χ0n) is 8.48. The molecule has 0 radical (unpaired) electrons. The maximum atomic E-state index is 13.4. The van der Waals surface area contributed by atoms with Gasteiger partial charge in [0.1, 0.15) is 5.82 Å². The Labute approximate surface area is 91.7 Å². The first kappa shape index (κ1) is 10.9. The second-order valence-electron chi connectivity index (χ2n) is 3.97. The normalized spacial score (nSPS) is 23.6. The van der Waals surface area contributed by atoms with E-state index in [-0.39, 0.29) is 23.4 Å². The van der Waals surface area contributed by atoms with Gasteiger partial charge in [-0.25, -0.2) is 9.18 Å². The summed E-state index contributed by atoms with van der Waals surface area (Å²) in [7, 11) is 0. The van der Waals surface area contributed by atoms with Crippen LogP contribution in [0.15, 0.2) is 18.2 Å². The third-order valence-electron chi connectivity index (χ3n) is 2.69. The molecule has 1 saturated carbocycles. The number of aromatic carboxylic acids is 1. The Kier molecular flexibility index (Phi) is 2.78. The second-order valence-corrected chi connectivity index (χ2v) is 3.97. The number of hydrogen-bond acceptors (Lipinski definition) is 3. The Morgan fingerprint density at radius 3 is 2.62 bits per heavy atom. The van der Waals surface area contributed by atoms with Crippen LogP contribution < -0.4 is 5.32 Å². The van der Waals surface area contributed by atoms with E-state index in [1.54, 1.807) is 0 Å². The van der Waals surface area contributed by atoms with Gasteiger partial charge in [0.05, 0.1) is 17.4 Å². The zero-order valence-corrected chi connectivity index (χ0v) is 8.48. The van der Waals surface area contributed by atoms with Crippen LogP contribution in [-0.2, 0) is 0 Å². The van der Waals surface area contributed by atoms with Crippen molar-refractivity contribution in [1.82, 2.24) is 0 Å². The van der Waals surface area contributed by atoms with E-state index in [4.69, 9.17) is 10.2 Å². The van der Waals surface area contributed by atoms with Gasteiger partial charge in [-0.15, -0.1) is 0 Å². The first-order valence-corrected chi connectivity index (χ1v) is 5.03. The van der Waals surface area contributed by atoms with Crippen molar-refractivity contribution >= 4 is 11.7 Å². The molecule has 4 nitrogen and oxygen atoms in total. The van der Waals surface area contributed by atoms with Gasteiger partial charge in [0, 0.05) is 6.04 Å². The highest BCUT2D eigenvalue weighted by Gasteiger charge is 2.27. The summed E-state index contributed by atoms with van der Waals surface area (Å²) in [5, 5.41) is 20.6. The van der Waals surface area contributed by atoms with Crippen molar-refractivity contribution in [2.24, 2.45) is 0 Å². The van der Waals surface area contributed by atoms with Crippen molar-refractivity contribution in [3.63, 3.8) is 0 Å². The summed E-state index contributed by atoms with van der Waals surface area (Å²) < 4.78 is 13.4. The van der Waals surface area contributed by atoms with Crippen LogP contribution in [0, 0.1) is 5.82 Å². The maximum absolute atomic E-state index is 13.4. The van der Waals surface area contributed by atoms with Crippen molar-refractivity contribution in [3.05, 3.63) is 29.6 Å². The molecule has 1 fully saturated rings. The van der Waals surface area contributed by atoms with E-state index in [1.807, 2.05) is 0 Å². The molecule has 0 unspecified atom stereocenters. The molecule has 0 aromatic heterocycles. The molecular formula is C11H12FNO3. The number of carbonyl (C=O) groups is 1. The number of carboxylic acid groups (broad SMARTS) is 1. The average Bonchev–Trinajstić information content (AvgIpc) is 2.18. The molecule has 86 valence electrons. The summed E-state index contributed by atoms with van der Waals surface area (Å²) in [6.45, 7) is 0. The molecule has 1 aromatic carbocycles. The lowest BCUT2D eigenvalue weighted by Gasteiger charge is -2.32. The van der Waals surface area contributed by atoms with Crippen LogP contribution in [0.1, 0.15) is 23.2 Å².